The molecule has 12 rings (SSSR count). The molecule has 3 heterocycles. The van der Waals surface area contributed by atoms with E-state index in [-0.39, 0.29) is 0 Å². The zero-order valence-corrected chi connectivity index (χ0v) is 31.0. The average Bonchev–Trinajstić information content (AvgIpc) is 3.93. The predicted octanol–water partition coefficient (Wildman–Crippen LogP) is 14.3. The van der Waals surface area contributed by atoms with Gasteiger partial charge in [-0.15, -0.1) is 0 Å². The summed E-state index contributed by atoms with van der Waals surface area (Å²) in [5.74, 6) is 0. The van der Waals surface area contributed by atoms with E-state index in [2.05, 4.69) is 226 Å². The van der Waals surface area contributed by atoms with Gasteiger partial charge in [-0.05, 0) is 65.7 Å². The van der Waals surface area contributed by atoms with Crippen molar-refractivity contribution in [2.24, 2.45) is 0 Å². The van der Waals surface area contributed by atoms with Gasteiger partial charge >= 0.3 is 0 Å². The molecule has 0 aliphatic rings. The summed E-state index contributed by atoms with van der Waals surface area (Å²) >= 11 is 0. The molecule has 0 saturated heterocycles. The number of rotatable bonds is 5. The maximum absolute atomic E-state index is 2.49. The van der Waals surface area contributed by atoms with Crippen LogP contribution in [0.25, 0.3) is 105 Å². The molecule has 3 heteroatoms. The van der Waals surface area contributed by atoms with E-state index < -0.39 is 0 Å². The van der Waals surface area contributed by atoms with Crippen molar-refractivity contribution in [3.8, 4) is 39.3 Å². The number of fused-ring (bicyclic) bond motifs is 10. The normalized spacial score (nSPS) is 11.9. The molecule has 0 saturated carbocycles. The molecule has 0 radical (unpaired) electrons. The minimum absolute atomic E-state index is 1.14. The third-order valence-corrected chi connectivity index (χ3v) is 11.8. The van der Waals surface area contributed by atoms with Crippen molar-refractivity contribution in [2.75, 3.05) is 0 Å². The van der Waals surface area contributed by atoms with Gasteiger partial charge in [-0.25, -0.2) is 0 Å². The molecule has 0 bridgehead atoms. The second-order valence-corrected chi connectivity index (χ2v) is 14.9. The van der Waals surface area contributed by atoms with Crippen molar-refractivity contribution in [2.45, 2.75) is 0 Å². The Balaban J connectivity index is 1.16. The molecule has 57 heavy (non-hydrogen) atoms. The molecule has 3 nitrogen and oxygen atoms in total. The van der Waals surface area contributed by atoms with Gasteiger partial charge in [0.05, 0.1) is 38.8 Å². The Bertz CT molecular complexity index is 3490. The van der Waals surface area contributed by atoms with Crippen molar-refractivity contribution >= 4 is 65.4 Å². The standard InChI is InChI=1S/C54H35N3/c1-3-16-36(17-4-1)37-30-32-39(33-31-37)56-48-27-12-8-22-42(48)45-34-35-51-52(54(45)56)46-23-10-14-29-50(46)57(51)49-28-13-9-21-41(49)44-25-15-24-43-40-20-7-11-26-47(40)55(53(43)44)38-18-5-2-6-19-38/h1-35H. The lowest BCUT2D eigenvalue weighted by atomic mass is 10.00. The van der Waals surface area contributed by atoms with Gasteiger partial charge < -0.3 is 13.7 Å². The molecule has 0 N–H and O–H groups in total. The van der Waals surface area contributed by atoms with Crippen LogP contribution in [-0.4, -0.2) is 13.7 Å². The van der Waals surface area contributed by atoms with E-state index in [1.54, 1.807) is 0 Å². The lowest BCUT2D eigenvalue weighted by Gasteiger charge is -2.17. The third kappa shape index (κ3) is 4.66. The number of hydrogen-bond acceptors (Lipinski definition) is 0. The molecule has 0 aliphatic heterocycles. The van der Waals surface area contributed by atoms with Crippen molar-refractivity contribution < 1.29 is 0 Å². The molecule has 0 amide bonds. The predicted molar refractivity (Wildman–Crippen MR) is 240 cm³/mol. The topological polar surface area (TPSA) is 14.8 Å². The number of nitrogens with zero attached hydrogens (tertiary/aromatic N) is 3. The second kappa shape index (κ2) is 12.5. The monoisotopic (exact) mass is 725 g/mol. The quantitative estimate of drug-likeness (QED) is 0.168. The van der Waals surface area contributed by atoms with E-state index >= 15 is 0 Å². The Kier molecular flexibility index (Phi) is 6.93. The fourth-order valence-corrected chi connectivity index (χ4v) is 9.45. The number of benzene rings is 9. The molecular weight excluding hydrogens is 691 g/mol. The number of aromatic nitrogens is 3. The van der Waals surface area contributed by atoms with E-state index in [9.17, 15) is 0 Å². The van der Waals surface area contributed by atoms with Gasteiger partial charge in [0.1, 0.15) is 0 Å². The van der Waals surface area contributed by atoms with Crippen molar-refractivity contribution in [1.29, 1.82) is 0 Å². The number of hydrogen-bond donors (Lipinski definition) is 0. The van der Waals surface area contributed by atoms with Crippen LogP contribution in [0.1, 0.15) is 0 Å². The van der Waals surface area contributed by atoms with Crippen molar-refractivity contribution in [3.63, 3.8) is 0 Å². The summed E-state index contributed by atoms with van der Waals surface area (Å²) < 4.78 is 7.41. The van der Waals surface area contributed by atoms with E-state index in [4.69, 9.17) is 0 Å². The average molecular weight is 726 g/mol. The molecule has 0 fully saturated rings. The number of para-hydroxylation sites is 6. The highest BCUT2D eigenvalue weighted by Crippen LogP contribution is 2.45. The van der Waals surface area contributed by atoms with E-state index in [0.29, 0.717) is 0 Å². The zero-order chi connectivity index (χ0) is 37.5. The van der Waals surface area contributed by atoms with Gasteiger partial charge in [0.15, 0.2) is 0 Å². The van der Waals surface area contributed by atoms with Crippen LogP contribution in [0.15, 0.2) is 212 Å². The Morgan fingerprint density at radius 1 is 0.246 bits per heavy atom. The smallest absolute Gasteiger partial charge is 0.0641 e. The minimum atomic E-state index is 1.14. The van der Waals surface area contributed by atoms with Crippen LogP contribution < -0.4 is 0 Å². The summed E-state index contributed by atoms with van der Waals surface area (Å²) in [6, 6.07) is 77.4. The fraction of sp³-hybridized carbons (Fsp3) is 0. The van der Waals surface area contributed by atoms with Gasteiger partial charge in [-0.1, -0.05) is 158 Å². The summed E-state index contributed by atoms with van der Waals surface area (Å²) in [4.78, 5) is 0. The van der Waals surface area contributed by atoms with Gasteiger partial charge in [-0.2, -0.15) is 0 Å². The lowest BCUT2D eigenvalue weighted by Crippen LogP contribution is -1.99. The van der Waals surface area contributed by atoms with Crippen molar-refractivity contribution in [3.05, 3.63) is 212 Å². The highest BCUT2D eigenvalue weighted by atomic mass is 15.0. The van der Waals surface area contributed by atoms with Gasteiger partial charge in [-0.3, -0.25) is 0 Å². The third-order valence-electron chi connectivity index (χ3n) is 11.8. The maximum atomic E-state index is 2.49. The molecular formula is C54H35N3. The summed E-state index contributed by atoms with van der Waals surface area (Å²) in [5, 5.41) is 7.47. The van der Waals surface area contributed by atoms with E-state index in [0.717, 1.165) is 17.1 Å². The fourth-order valence-electron chi connectivity index (χ4n) is 9.45. The second-order valence-electron chi connectivity index (χ2n) is 14.9. The van der Waals surface area contributed by atoms with Crippen LogP contribution in [0.3, 0.4) is 0 Å². The zero-order valence-electron chi connectivity index (χ0n) is 31.0. The molecule has 0 spiro atoms. The molecule has 0 atom stereocenters. The SMILES string of the molecule is c1ccc(-c2ccc(-n3c4ccccc4c4ccc5c(c6ccccc6n5-c5ccccc5-c5cccc6c7ccccc7n(-c7ccccc7)c56)c43)cc2)cc1. The van der Waals surface area contributed by atoms with Gasteiger partial charge in [0, 0.05) is 54.8 Å². The largest absolute Gasteiger partial charge is 0.309 e. The molecule has 0 unspecified atom stereocenters. The molecule has 12 aromatic rings. The first-order valence-corrected chi connectivity index (χ1v) is 19.6. The van der Waals surface area contributed by atoms with Gasteiger partial charge in [0.2, 0.25) is 0 Å². The van der Waals surface area contributed by atoms with E-state index in [1.165, 1.54) is 87.7 Å². The first-order valence-electron chi connectivity index (χ1n) is 19.6. The Morgan fingerprint density at radius 3 is 1.46 bits per heavy atom. The summed E-state index contributed by atoms with van der Waals surface area (Å²) in [6.45, 7) is 0. The first-order chi connectivity index (χ1) is 28.3. The minimum Gasteiger partial charge on any atom is -0.309 e. The van der Waals surface area contributed by atoms with Crippen LogP contribution in [-0.2, 0) is 0 Å². The van der Waals surface area contributed by atoms with E-state index in [1.807, 2.05) is 0 Å². The highest BCUT2D eigenvalue weighted by molar-refractivity contribution is 6.26. The van der Waals surface area contributed by atoms with Crippen molar-refractivity contribution in [1.82, 2.24) is 13.7 Å². The van der Waals surface area contributed by atoms with Crippen LogP contribution in [0.5, 0.6) is 0 Å². The Hall–Kier alpha value is -7.62. The molecule has 266 valence electrons. The first kappa shape index (κ1) is 31.7. The van der Waals surface area contributed by atoms with Gasteiger partial charge in [0.25, 0.3) is 0 Å². The highest BCUT2D eigenvalue weighted by Gasteiger charge is 2.23. The summed E-state index contributed by atoms with van der Waals surface area (Å²) in [7, 11) is 0. The summed E-state index contributed by atoms with van der Waals surface area (Å²) in [5.41, 5.74) is 15.4. The van der Waals surface area contributed by atoms with Crippen LogP contribution in [0, 0.1) is 0 Å². The Labute approximate surface area is 329 Å². The molecule has 9 aromatic carbocycles. The van der Waals surface area contributed by atoms with Crippen LogP contribution >= 0.6 is 0 Å². The van der Waals surface area contributed by atoms with Crippen LogP contribution in [0.4, 0.5) is 0 Å². The Morgan fingerprint density at radius 2 is 0.737 bits per heavy atom. The maximum Gasteiger partial charge on any atom is 0.0641 e. The summed E-state index contributed by atoms with van der Waals surface area (Å²) in [6.07, 6.45) is 0. The van der Waals surface area contributed by atoms with Crippen LogP contribution in [0.2, 0.25) is 0 Å². The lowest BCUT2D eigenvalue weighted by molar-refractivity contribution is 1.17. The molecule has 3 aromatic heterocycles. The molecule has 0 aliphatic carbocycles.